The Labute approximate surface area is 158 Å². The zero-order valence-corrected chi connectivity index (χ0v) is 15.1. The molecule has 0 fully saturated rings. The molecule has 27 heavy (non-hydrogen) atoms. The highest BCUT2D eigenvalue weighted by Crippen LogP contribution is 2.28. The summed E-state index contributed by atoms with van der Waals surface area (Å²) in [6.07, 6.45) is 3.89. The number of methoxy groups -OCH3 is 1. The lowest BCUT2D eigenvalue weighted by atomic mass is 10.0. The van der Waals surface area contributed by atoms with E-state index in [0.717, 1.165) is 16.7 Å². The predicted molar refractivity (Wildman–Crippen MR) is 105 cm³/mol. The number of nitrogens with one attached hydrogen (secondary N) is 1. The molecule has 5 heteroatoms. The van der Waals surface area contributed by atoms with Crippen LogP contribution in [0.15, 0.2) is 73.1 Å². The van der Waals surface area contributed by atoms with Gasteiger partial charge in [0.05, 0.1) is 18.7 Å². The number of benzene rings is 2. The summed E-state index contributed by atoms with van der Waals surface area (Å²) in [5.41, 5.74) is 3.35. The highest BCUT2D eigenvalue weighted by molar-refractivity contribution is 5.98. The fourth-order valence-electron chi connectivity index (χ4n) is 2.98. The molecular weight excluding hydrogens is 340 g/mol. The summed E-state index contributed by atoms with van der Waals surface area (Å²) in [6, 6.07) is 18.6. The van der Waals surface area contributed by atoms with E-state index in [1.54, 1.807) is 25.6 Å². The van der Waals surface area contributed by atoms with Gasteiger partial charge in [-0.1, -0.05) is 36.4 Å². The van der Waals surface area contributed by atoms with E-state index in [0.29, 0.717) is 17.7 Å². The molecule has 0 aliphatic rings. The van der Waals surface area contributed by atoms with Gasteiger partial charge in [0, 0.05) is 19.0 Å². The molecule has 0 saturated carbocycles. The average Bonchev–Trinajstić information content (AvgIpc) is 2.74. The second-order valence-electron chi connectivity index (χ2n) is 6.10. The second-order valence-corrected chi connectivity index (χ2v) is 6.10. The minimum atomic E-state index is -0.270. The Kier molecular flexibility index (Phi) is 6.18. The van der Waals surface area contributed by atoms with E-state index in [1.807, 2.05) is 54.6 Å². The third-order valence-electron chi connectivity index (χ3n) is 4.38. The maximum absolute atomic E-state index is 12.8. The van der Waals surface area contributed by atoms with E-state index < -0.39 is 0 Å². The van der Waals surface area contributed by atoms with Crippen LogP contribution >= 0.6 is 0 Å². The molecule has 5 nitrogen and oxygen atoms in total. The molecule has 2 N–H and O–H groups in total. The van der Waals surface area contributed by atoms with Crippen LogP contribution in [0.1, 0.15) is 28.4 Å². The van der Waals surface area contributed by atoms with Crippen LogP contribution in [-0.4, -0.2) is 29.7 Å². The first-order valence-corrected chi connectivity index (χ1v) is 8.78. The highest BCUT2D eigenvalue weighted by Gasteiger charge is 2.18. The van der Waals surface area contributed by atoms with Crippen molar-refractivity contribution in [1.29, 1.82) is 0 Å². The van der Waals surface area contributed by atoms with Crippen molar-refractivity contribution < 1.29 is 14.6 Å². The standard InChI is InChI=1S/C22H22N2O3/c1-27-21-15-18(16-9-12-23-13-10-16)7-8-19(21)22(26)24-20(11-14-25)17-5-3-2-4-6-17/h2-10,12-13,15,20,25H,11,14H2,1H3,(H,24,26)/t20-/m1/s1. The van der Waals surface area contributed by atoms with Crippen LogP contribution in [0.3, 0.4) is 0 Å². The maximum Gasteiger partial charge on any atom is 0.255 e. The normalized spacial score (nSPS) is 11.6. The minimum Gasteiger partial charge on any atom is -0.496 e. The van der Waals surface area contributed by atoms with Crippen LogP contribution in [0.2, 0.25) is 0 Å². The Bertz CT molecular complexity index is 883. The van der Waals surface area contributed by atoms with Crippen LogP contribution in [0.5, 0.6) is 5.75 Å². The van der Waals surface area contributed by atoms with E-state index in [1.165, 1.54) is 0 Å². The number of carbonyl (C=O) groups is 1. The smallest absolute Gasteiger partial charge is 0.255 e. The van der Waals surface area contributed by atoms with E-state index in [4.69, 9.17) is 4.74 Å². The van der Waals surface area contributed by atoms with Crippen molar-refractivity contribution in [2.75, 3.05) is 13.7 Å². The van der Waals surface area contributed by atoms with Gasteiger partial charge in [0.1, 0.15) is 5.75 Å². The summed E-state index contributed by atoms with van der Waals surface area (Å²) in [7, 11) is 1.55. The molecule has 1 heterocycles. The molecule has 2 aromatic carbocycles. The van der Waals surface area contributed by atoms with Gasteiger partial charge in [-0.15, -0.1) is 0 Å². The molecule has 1 aromatic heterocycles. The van der Waals surface area contributed by atoms with Crippen molar-refractivity contribution in [3.05, 3.63) is 84.2 Å². The largest absolute Gasteiger partial charge is 0.496 e. The van der Waals surface area contributed by atoms with Gasteiger partial charge in [-0.2, -0.15) is 0 Å². The number of aliphatic hydroxyl groups excluding tert-OH is 1. The van der Waals surface area contributed by atoms with E-state index >= 15 is 0 Å². The van der Waals surface area contributed by atoms with E-state index in [2.05, 4.69) is 10.3 Å². The second kappa shape index (κ2) is 8.96. The fourth-order valence-corrected chi connectivity index (χ4v) is 2.98. The molecule has 138 valence electrons. The van der Waals surface area contributed by atoms with E-state index in [9.17, 15) is 9.90 Å². The first-order valence-electron chi connectivity index (χ1n) is 8.78. The van der Waals surface area contributed by atoms with Crippen LogP contribution in [-0.2, 0) is 0 Å². The third kappa shape index (κ3) is 4.51. The Morgan fingerprint density at radius 3 is 2.48 bits per heavy atom. The maximum atomic E-state index is 12.8. The number of nitrogens with zero attached hydrogens (tertiary/aromatic N) is 1. The zero-order chi connectivity index (χ0) is 19.1. The number of hydrogen-bond acceptors (Lipinski definition) is 4. The van der Waals surface area contributed by atoms with Crippen molar-refractivity contribution in [1.82, 2.24) is 10.3 Å². The van der Waals surface area contributed by atoms with Crippen molar-refractivity contribution >= 4 is 5.91 Å². The zero-order valence-electron chi connectivity index (χ0n) is 15.1. The highest BCUT2D eigenvalue weighted by atomic mass is 16.5. The van der Waals surface area contributed by atoms with Crippen molar-refractivity contribution in [2.45, 2.75) is 12.5 Å². The van der Waals surface area contributed by atoms with Gasteiger partial charge in [0.2, 0.25) is 0 Å². The number of aromatic nitrogens is 1. The number of hydrogen-bond donors (Lipinski definition) is 2. The number of aliphatic hydroxyl groups is 1. The fraction of sp³-hybridized carbons (Fsp3) is 0.182. The number of rotatable bonds is 7. The Morgan fingerprint density at radius 1 is 1.07 bits per heavy atom. The molecule has 1 atom stereocenters. The lowest BCUT2D eigenvalue weighted by Gasteiger charge is -2.19. The van der Waals surface area contributed by atoms with Crippen LogP contribution in [0.4, 0.5) is 0 Å². The molecule has 0 saturated heterocycles. The summed E-state index contributed by atoms with van der Waals surface area (Å²) >= 11 is 0. The Balaban J connectivity index is 1.85. The molecule has 0 aliphatic heterocycles. The van der Waals surface area contributed by atoms with Gasteiger partial charge in [0.15, 0.2) is 0 Å². The quantitative estimate of drug-likeness (QED) is 0.673. The topological polar surface area (TPSA) is 71.5 Å². The summed E-state index contributed by atoms with van der Waals surface area (Å²) in [5, 5.41) is 12.4. The lowest BCUT2D eigenvalue weighted by Crippen LogP contribution is -2.29. The molecule has 3 aromatic rings. The number of pyridine rings is 1. The molecule has 0 spiro atoms. The molecule has 0 unspecified atom stereocenters. The number of carbonyl (C=O) groups excluding carboxylic acids is 1. The number of amides is 1. The molecule has 3 rings (SSSR count). The van der Waals surface area contributed by atoms with Crippen molar-refractivity contribution in [3.63, 3.8) is 0 Å². The first kappa shape index (κ1) is 18.6. The number of ether oxygens (including phenoxy) is 1. The van der Waals surface area contributed by atoms with Gasteiger partial charge in [-0.25, -0.2) is 0 Å². The molecule has 0 aliphatic carbocycles. The van der Waals surface area contributed by atoms with Gasteiger partial charge in [0.25, 0.3) is 5.91 Å². The van der Waals surface area contributed by atoms with Gasteiger partial charge < -0.3 is 15.2 Å². The Hall–Kier alpha value is -3.18. The third-order valence-corrected chi connectivity index (χ3v) is 4.38. The molecular formula is C22H22N2O3. The molecule has 0 bridgehead atoms. The Morgan fingerprint density at radius 2 is 1.81 bits per heavy atom. The summed E-state index contributed by atoms with van der Waals surface area (Å²) in [4.78, 5) is 16.9. The summed E-state index contributed by atoms with van der Waals surface area (Å²) in [6.45, 7) is -0.0159. The van der Waals surface area contributed by atoms with Crippen LogP contribution < -0.4 is 10.1 Å². The monoisotopic (exact) mass is 362 g/mol. The summed E-state index contributed by atoms with van der Waals surface area (Å²) < 4.78 is 5.45. The van der Waals surface area contributed by atoms with Gasteiger partial charge in [-0.3, -0.25) is 9.78 Å². The van der Waals surface area contributed by atoms with Crippen LogP contribution in [0, 0.1) is 0 Å². The predicted octanol–water partition coefficient (Wildman–Crippen LogP) is 3.61. The van der Waals surface area contributed by atoms with Crippen molar-refractivity contribution in [3.8, 4) is 16.9 Å². The summed E-state index contributed by atoms with van der Waals surface area (Å²) in [5.74, 6) is 0.257. The van der Waals surface area contributed by atoms with Crippen molar-refractivity contribution in [2.24, 2.45) is 0 Å². The minimum absolute atomic E-state index is 0.0159. The van der Waals surface area contributed by atoms with Gasteiger partial charge in [-0.05, 0) is 47.4 Å². The van der Waals surface area contributed by atoms with Gasteiger partial charge >= 0.3 is 0 Å². The van der Waals surface area contributed by atoms with Crippen LogP contribution in [0.25, 0.3) is 11.1 Å². The average molecular weight is 362 g/mol. The SMILES string of the molecule is COc1cc(-c2ccncc2)ccc1C(=O)N[C@H](CCO)c1ccccc1. The lowest BCUT2D eigenvalue weighted by molar-refractivity contribution is 0.0927. The van der Waals surface area contributed by atoms with E-state index in [-0.39, 0.29) is 18.6 Å². The molecule has 0 radical (unpaired) electrons. The first-order chi connectivity index (χ1) is 13.2. The molecule has 1 amide bonds.